The molecule has 1 atom stereocenters. The molecule has 0 spiro atoms. The molecule has 1 unspecified atom stereocenters. The Balaban J connectivity index is 2.34. The van der Waals surface area contributed by atoms with E-state index in [1.807, 2.05) is 25.1 Å². The number of alkyl halides is 3. The zero-order valence-corrected chi connectivity index (χ0v) is 15.4. The topological polar surface area (TPSA) is 0 Å². The summed E-state index contributed by atoms with van der Waals surface area (Å²) < 4.78 is 40.7. The van der Waals surface area contributed by atoms with Gasteiger partial charge in [-0.25, -0.2) is 0 Å². The fourth-order valence-corrected chi connectivity index (χ4v) is 3.88. The van der Waals surface area contributed by atoms with E-state index < -0.39 is 11.7 Å². The van der Waals surface area contributed by atoms with Gasteiger partial charge in [-0.2, -0.15) is 13.2 Å². The van der Waals surface area contributed by atoms with E-state index in [-0.39, 0.29) is 0 Å². The highest BCUT2D eigenvalue weighted by Gasteiger charge is 2.34. The molecular weight excluding hydrogens is 329 g/mol. The summed E-state index contributed by atoms with van der Waals surface area (Å²) in [6.07, 6.45) is 0.279. The van der Waals surface area contributed by atoms with Crippen molar-refractivity contribution in [1.82, 2.24) is 0 Å². The summed E-state index contributed by atoms with van der Waals surface area (Å²) in [5, 5.41) is 0. The van der Waals surface area contributed by atoms with Gasteiger partial charge in [0.2, 0.25) is 0 Å². The molecule has 0 saturated carbocycles. The average Bonchev–Trinajstić information content (AvgIpc) is 2.97. The maximum Gasteiger partial charge on any atom is 0.416 e. The quantitative estimate of drug-likeness (QED) is 0.483. The molecule has 0 saturated heterocycles. The van der Waals surface area contributed by atoms with Gasteiger partial charge in [-0.15, -0.1) is 11.3 Å². The van der Waals surface area contributed by atoms with E-state index in [2.05, 4.69) is 13.8 Å². The summed E-state index contributed by atoms with van der Waals surface area (Å²) in [7, 11) is 0. The number of benzene rings is 1. The van der Waals surface area contributed by atoms with Gasteiger partial charge in [0.1, 0.15) is 0 Å². The number of thiophene rings is 1. The van der Waals surface area contributed by atoms with Crippen molar-refractivity contribution in [3.63, 3.8) is 0 Å². The number of hydrogen-bond donors (Lipinski definition) is 0. The molecule has 0 aliphatic carbocycles. The van der Waals surface area contributed by atoms with Gasteiger partial charge >= 0.3 is 6.18 Å². The number of aryl methyl sites for hydroxylation is 1. The van der Waals surface area contributed by atoms with E-state index in [4.69, 9.17) is 0 Å². The minimum Gasteiger partial charge on any atom is -0.166 e. The van der Waals surface area contributed by atoms with Crippen molar-refractivity contribution < 1.29 is 13.2 Å². The standard InChI is InChI=1S/C20H25F3S/c1-4-6-7-15(5-2)12-16-9-10-17(13-18(16)20(21,22)23)19-11-8-14(3)24-19/h8-11,13,15H,4-7,12H2,1-3H3. The number of rotatable bonds is 7. The molecule has 0 amide bonds. The monoisotopic (exact) mass is 354 g/mol. The van der Waals surface area contributed by atoms with Crippen LogP contribution in [-0.2, 0) is 12.6 Å². The van der Waals surface area contributed by atoms with Crippen LogP contribution >= 0.6 is 11.3 Å². The fourth-order valence-electron chi connectivity index (χ4n) is 3.02. The van der Waals surface area contributed by atoms with Crippen LogP contribution in [0.25, 0.3) is 10.4 Å². The van der Waals surface area contributed by atoms with Gasteiger partial charge in [-0.3, -0.25) is 0 Å². The van der Waals surface area contributed by atoms with E-state index in [0.717, 1.165) is 35.4 Å². The Morgan fingerprint density at radius 3 is 2.38 bits per heavy atom. The van der Waals surface area contributed by atoms with E-state index in [9.17, 15) is 13.2 Å². The second-order valence-electron chi connectivity index (χ2n) is 6.40. The second kappa shape index (κ2) is 8.19. The first-order valence-electron chi connectivity index (χ1n) is 8.62. The molecule has 2 aromatic rings. The molecule has 0 nitrogen and oxygen atoms in total. The summed E-state index contributed by atoms with van der Waals surface area (Å²) in [6.45, 7) is 6.15. The first-order valence-corrected chi connectivity index (χ1v) is 9.43. The van der Waals surface area contributed by atoms with Crippen molar-refractivity contribution in [1.29, 1.82) is 0 Å². The third kappa shape index (κ3) is 4.85. The average molecular weight is 354 g/mol. The number of halogens is 3. The minimum atomic E-state index is -4.30. The molecule has 0 bridgehead atoms. The third-order valence-electron chi connectivity index (χ3n) is 4.49. The first-order chi connectivity index (χ1) is 11.3. The number of unbranched alkanes of at least 4 members (excludes halogenated alkanes) is 1. The van der Waals surface area contributed by atoms with Crippen molar-refractivity contribution in [3.8, 4) is 10.4 Å². The molecule has 0 fully saturated rings. The van der Waals surface area contributed by atoms with Crippen molar-refractivity contribution in [2.24, 2.45) is 5.92 Å². The van der Waals surface area contributed by atoms with Gasteiger partial charge in [0.25, 0.3) is 0 Å². The van der Waals surface area contributed by atoms with Crippen molar-refractivity contribution >= 4 is 11.3 Å². The predicted octanol–water partition coefficient (Wildman–Crippen LogP) is 7.50. The van der Waals surface area contributed by atoms with Crippen LogP contribution in [-0.4, -0.2) is 0 Å². The zero-order chi connectivity index (χ0) is 17.7. The van der Waals surface area contributed by atoms with Gasteiger partial charge in [0.05, 0.1) is 5.56 Å². The number of hydrogen-bond acceptors (Lipinski definition) is 1. The Morgan fingerprint density at radius 2 is 1.83 bits per heavy atom. The molecule has 1 aromatic carbocycles. The first kappa shape index (κ1) is 19.0. The summed E-state index contributed by atoms with van der Waals surface area (Å²) in [5.41, 5.74) is 0.620. The lowest BCUT2D eigenvalue weighted by atomic mass is 9.89. The van der Waals surface area contributed by atoms with E-state index >= 15 is 0 Å². The Hall–Kier alpha value is -1.29. The second-order valence-corrected chi connectivity index (χ2v) is 7.69. The van der Waals surface area contributed by atoms with E-state index in [0.29, 0.717) is 23.5 Å². The molecule has 132 valence electrons. The molecule has 1 heterocycles. The lowest BCUT2D eigenvalue weighted by Gasteiger charge is -2.19. The van der Waals surface area contributed by atoms with Crippen molar-refractivity contribution in [3.05, 3.63) is 46.3 Å². The molecule has 1 aromatic heterocycles. The lowest BCUT2D eigenvalue weighted by Crippen LogP contribution is -2.13. The minimum absolute atomic E-state index is 0.320. The Bertz CT molecular complexity index is 655. The van der Waals surface area contributed by atoms with Gasteiger partial charge < -0.3 is 0 Å². The van der Waals surface area contributed by atoms with Crippen LogP contribution in [0.4, 0.5) is 13.2 Å². The summed E-state index contributed by atoms with van der Waals surface area (Å²) in [5.74, 6) is 0.320. The normalized spacial score (nSPS) is 13.2. The van der Waals surface area contributed by atoms with Crippen LogP contribution in [0.5, 0.6) is 0 Å². The predicted molar refractivity (Wildman–Crippen MR) is 96.5 cm³/mol. The van der Waals surface area contributed by atoms with Gasteiger partial charge in [-0.05, 0) is 48.6 Å². The SMILES string of the molecule is CCCCC(CC)Cc1ccc(-c2ccc(C)s2)cc1C(F)(F)F. The zero-order valence-electron chi connectivity index (χ0n) is 14.5. The van der Waals surface area contributed by atoms with Crippen LogP contribution < -0.4 is 0 Å². The van der Waals surface area contributed by atoms with Crippen LogP contribution in [0, 0.1) is 12.8 Å². The van der Waals surface area contributed by atoms with E-state index in [1.54, 1.807) is 6.07 Å². The molecular formula is C20H25F3S. The molecule has 24 heavy (non-hydrogen) atoms. The van der Waals surface area contributed by atoms with Crippen molar-refractivity contribution in [2.75, 3.05) is 0 Å². The summed E-state index contributed by atoms with van der Waals surface area (Å²) in [6, 6.07) is 8.68. The molecule has 0 aliphatic rings. The molecule has 0 radical (unpaired) electrons. The third-order valence-corrected chi connectivity index (χ3v) is 5.54. The molecule has 4 heteroatoms. The highest BCUT2D eigenvalue weighted by molar-refractivity contribution is 7.15. The molecule has 0 aliphatic heterocycles. The maximum atomic E-state index is 13.6. The Labute approximate surface area is 146 Å². The molecule has 0 N–H and O–H groups in total. The van der Waals surface area contributed by atoms with Gasteiger partial charge in [0.15, 0.2) is 0 Å². The Kier molecular flexibility index (Phi) is 6.50. The Morgan fingerprint density at radius 1 is 1.08 bits per heavy atom. The highest BCUT2D eigenvalue weighted by atomic mass is 32.1. The largest absolute Gasteiger partial charge is 0.416 e. The van der Waals surface area contributed by atoms with Crippen LogP contribution in [0.2, 0.25) is 0 Å². The van der Waals surface area contributed by atoms with Crippen LogP contribution in [0.1, 0.15) is 55.5 Å². The van der Waals surface area contributed by atoms with E-state index in [1.165, 1.54) is 17.4 Å². The van der Waals surface area contributed by atoms with Crippen molar-refractivity contribution in [2.45, 2.75) is 59.1 Å². The maximum absolute atomic E-state index is 13.6. The smallest absolute Gasteiger partial charge is 0.166 e. The highest BCUT2D eigenvalue weighted by Crippen LogP contribution is 2.38. The lowest BCUT2D eigenvalue weighted by molar-refractivity contribution is -0.138. The van der Waals surface area contributed by atoms with Gasteiger partial charge in [-0.1, -0.05) is 51.7 Å². The summed E-state index contributed by atoms with van der Waals surface area (Å²) >= 11 is 1.53. The van der Waals surface area contributed by atoms with Gasteiger partial charge in [0, 0.05) is 9.75 Å². The fraction of sp³-hybridized carbons (Fsp3) is 0.500. The van der Waals surface area contributed by atoms with Crippen LogP contribution in [0.3, 0.4) is 0 Å². The van der Waals surface area contributed by atoms with Crippen LogP contribution in [0.15, 0.2) is 30.3 Å². The summed E-state index contributed by atoms with van der Waals surface area (Å²) in [4.78, 5) is 2.00. The molecule has 2 rings (SSSR count).